The van der Waals surface area contributed by atoms with E-state index in [0.29, 0.717) is 6.04 Å². The van der Waals surface area contributed by atoms with Crippen LogP contribution in [0.5, 0.6) is 0 Å². The van der Waals surface area contributed by atoms with Crippen molar-refractivity contribution in [3.8, 4) is 0 Å². The van der Waals surface area contributed by atoms with Crippen LogP contribution in [0.1, 0.15) is 44.9 Å². The molecule has 1 N–H and O–H groups in total. The molecule has 98 valence electrons. The normalized spacial score (nSPS) is 23.9. The monoisotopic (exact) mass is 255 g/mol. The lowest BCUT2D eigenvalue weighted by Crippen LogP contribution is -2.33. The summed E-state index contributed by atoms with van der Waals surface area (Å²) in [6.07, 6.45) is 11.8. The zero-order chi connectivity index (χ0) is 11.9. The van der Waals surface area contributed by atoms with Crippen molar-refractivity contribution in [3.05, 3.63) is 11.8 Å². The molecule has 0 spiro atoms. The van der Waals surface area contributed by atoms with E-state index >= 15 is 0 Å². The Morgan fingerprint density at radius 2 is 2.18 bits per heavy atom. The summed E-state index contributed by atoms with van der Waals surface area (Å²) in [6, 6.07) is 0.419. The lowest BCUT2D eigenvalue weighted by atomic mass is 10.0. The van der Waals surface area contributed by atoms with Gasteiger partial charge < -0.3 is 10.1 Å². The first-order valence-electron chi connectivity index (χ1n) is 7.02. The van der Waals surface area contributed by atoms with Crippen LogP contribution in [0.2, 0.25) is 0 Å². The summed E-state index contributed by atoms with van der Waals surface area (Å²) in [7, 11) is 2.05. The number of thioether (sulfide) groups is 1. The van der Waals surface area contributed by atoms with Gasteiger partial charge in [0.1, 0.15) is 5.76 Å². The Balaban J connectivity index is 1.76. The Kier molecular flexibility index (Phi) is 5.72. The molecule has 2 aliphatic rings. The van der Waals surface area contributed by atoms with Gasteiger partial charge in [-0.05, 0) is 38.8 Å². The van der Waals surface area contributed by atoms with E-state index in [1.54, 1.807) is 0 Å². The number of hydrogen-bond acceptors (Lipinski definition) is 3. The number of rotatable bonds is 5. The minimum absolute atomic E-state index is 0.419. The molecule has 0 bridgehead atoms. The minimum atomic E-state index is 0.419. The third-order valence-electron chi connectivity index (χ3n) is 3.71. The third-order valence-corrected chi connectivity index (χ3v) is 5.17. The van der Waals surface area contributed by atoms with Crippen LogP contribution in [0.4, 0.5) is 0 Å². The Bertz CT molecular complexity index is 249. The number of allylic oxidation sites excluding steroid dienone is 1. The van der Waals surface area contributed by atoms with Crippen LogP contribution in [0.15, 0.2) is 11.8 Å². The highest BCUT2D eigenvalue weighted by Gasteiger charge is 2.20. The van der Waals surface area contributed by atoms with Crippen LogP contribution in [0, 0.1) is 0 Å². The molecule has 1 fully saturated rings. The van der Waals surface area contributed by atoms with Gasteiger partial charge in [-0.1, -0.05) is 19.3 Å². The van der Waals surface area contributed by atoms with E-state index in [1.807, 2.05) is 7.05 Å². The van der Waals surface area contributed by atoms with Gasteiger partial charge in [-0.2, -0.15) is 11.8 Å². The SMILES string of the molecule is CNC(CSC1CCCCC1)C1=CCCCO1. The molecule has 17 heavy (non-hydrogen) atoms. The van der Waals surface area contributed by atoms with Crippen molar-refractivity contribution in [2.75, 3.05) is 19.4 Å². The fourth-order valence-electron chi connectivity index (χ4n) is 2.59. The Morgan fingerprint density at radius 3 is 2.82 bits per heavy atom. The van der Waals surface area contributed by atoms with E-state index in [2.05, 4.69) is 23.2 Å². The lowest BCUT2D eigenvalue weighted by molar-refractivity contribution is 0.173. The molecule has 2 rings (SSSR count). The molecule has 1 saturated carbocycles. The molecule has 0 aromatic heterocycles. The standard InChI is InChI=1S/C14H25NOS/c1-15-13(14-9-5-6-10-16-14)11-17-12-7-3-2-4-8-12/h9,12-13,15H,2-8,10-11H2,1H3. The fraction of sp³-hybridized carbons (Fsp3) is 0.857. The molecular formula is C14H25NOS. The van der Waals surface area contributed by atoms with Gasteiger partial charge in [0.15, 0.2) is 0 Å². The molecule has 0 saturated heterocycles. The van der Waals surface area contributed by atoms with E-state index in [4.69, 9.17) is 4.74 Å². The zero-order valence-electron chi connectivity index (χ0n) is 10.9. The summed E-state index contributed by atoms with van der Waals surface area (Å²) in [5.41, 5.74) is 0. The van der Waals surface area contributed by atoms with Gasteiger partial charge in [0.25, 0.3) is 0 Å². The van der Waals surface area contributed by atoms with Crippen LogP contribution in [-0.2, 0) is 4.74 Å². The maximum absolute atomic E-state index is 5.76. The number of ether oxygens (including phenoxy) is 1. The highest BCUT2D eigenvalue weighted by atomic mass is 32.2. The summed E-state index contributed by atoms with van der Waals surface area (Å²) in [4.78, 5) is 0. The molecular weight excluding hydrogens is 230 g/mol. The molecule has 0 radical (unpaired) electrons. The van der Waals surface area contributed by atoms with Crippen LogP contribution in [0.3, 0.4) is 0 Å². The van der Waals surface area contributed by atoms with Crippen molar-refractivity contribution in [1.29, 1.82) is 0 Å². The maximum atomic E-state index is 5.76. The second kappa shape index (κ2) is 7.32. The molecule has 1 unspecified atom stereocenters. The van der Waals surface area contributed by atoms with Gasteiger partial charge in [-0.25, -0.2) is 0 Å². The summed E-state index contributed by atoms with van der Waals surface area (Å²) in [5.74, 6) is 2.34. The van der Waals surface area contributed by atoms with Crippen LogP contribution in [-0.4, -0.2) is 30.7 Å². The van der Waals surface area contributed by atoms with Gasteiger partial charge in [-0.3, -0.25) is 0 Å². The first-order valence-corrected chi connectivity index (χ1v) is 8.06. The van der Waals surface area contributed by atoms with E-state index in [9.17, 15) is 0 Å². The molecule has 1 aliphatic carbocycles. The average molecular weight is 255 g/mol. The van der Waals surface area contributed by atoms with Gasteiger partial charge in [0.05, 0.1) is 12.6 Å². The zero-order valence-corrected chi connectivity index (χ0v) is 11.7. The van der Waals surface area contributed by atoms with Crippen LogP contribution in [0.25, 0.3) is 0 Å². The van der Waals surface area contributed by atoms with Crippen molar-refractivity contribution in [1.82, 2.24) is 5.32 Å². The quantitative estimate of drug-likeness (QED) is 0.814. The van der Waals surface area contributed by atoms with Gasteiger partial charge in [0.2, 0.25) is 0 Å². The van der Waals surface area contributed by atoms with Gasteiger partial charge in [0, 0.05) is 11.0 Å². The predicted octanol–water partition coefficient (Wildman–Crippen LogP) is 3.33. The van der Waals surface area contributed by atoms with Crippen molar-refractivity contribution in [2.45, 2.75) is 56.2 Å². The van der Waals surface area contributed by atoms with E-state index < -0.39 is 0 Å². The van der Waals surface area contributed by atoms with Crippen molar-refractivity contribution in [3.63, 3.8) is 0 Å². The van der Waals surface area contributed by atoms with E-state index in [-0.39, 0.29) is 0 Å². The fourth-order valence-corrected chi connectivity index (χ4v) is 4.05. The summed E-state index contributed by atoms with van der Waals surface area (Å²) in [6.45, 7) is 0.901. The predicted molar refractivity (Wildman–Crippen MR) is 75.4 cm³/mol. The molecule has 3 heteroatoms. The second-order valence-electron chi connectivity index (χ2n) is 5.03. The van der Waals surface area contributed by atoms with E-state index in [1.165, 1.54) is 50.7 Å². The number of likely N-dealkylation sites (N-methyl/N-ethyl adjacent to an activating group) is 1. The highest BCUT2D eigenvalue weighted by molar-refractivity contribution is 7.99. The first kappa shape index (κ1) is 13.3. The van der Waals surface area contributed by atoms with Gasteiger partial charge >= 0.3 is 0 Å². The van der Waals surface area contributed by atoms with Crippen molar-refractivity contribution < 1.29 is 4.74 Å². The third kappa shape index (κ3) is 4.22. The summed E-state index contributed by atoms with van der Waals surface area (Å²) in [5, 5.41) is 4.29. The number of hydrogen-bond donors (Lipinski definition) is 1. The largest absolute Gasteiger partial charge is 0.497 e. The molecule has 0 aromatic rings. The molecule has 0 aromatic carbocycles. The van der Waals surface area contributed by atoms with Crippen LogP contribution < -0.4 is 5.32 Å². The van der Waals surface area contributed by atoms with Crippen molar-refractivity contribution in [2.24, 2.45) is 0 Å². The molecule has 1 heterocycles. The molecule has 2 nitrogen and oxygen atoms in total. The van der Waals surface area contributed by atoms with Gasteiger partial charge in [-0.15, -0.1) is 0 Å². The van der Waals surface area contributed by atoms with E-state index in [0.717, 1.165) is 17.6 Å². The minimum Gasteiger partial charge on any atom is -0.497 e. The summed E-state index contributed by atoms with van der Waals surface area (Å²) >= 11 is 2.14. The van der Waals surface area contributed by atoms with Crippen molar-refractivity contribution >= 4 is 11.8 Å². The highest BCUT2D eigenvalue weighted by Crippen LogP contribution is 2.29. The average Bonchev–Trinajstić information content (AvgIpc) is 2.42. The Labute approximate surface area is 110 Å². The first-order chi connectivity index (χ1) is 8.40. The summed E-state index contributed by atoms with van der Waals surface area (Å²) < 4.78 is 5.76. The topological polar surface area (TPSA) is 21.3 Å². The number of nitrogens with one attached hydrogen (secondary N) is 1. The lowest BCUT2D eigenvalue weighted by Gasteiger charge is -2.26. The Hall–Kier alpha value is -0.150. The second-order valence-corrected chi connectivity index (χ2v) is 6.37. The molecule has 0 amide bonds. The molecule has 1 atom stereocenters. The smallest absolute Gasteiger partial charge is 0.110 e. The maximum Gasteiger partial charge on any atom is 0.110 e. The molecule has 1 aliphatic heterocycles. The van der Waals surface area contributed by atoms with Crippen LogP contribution >= 0.6 is 11.8 Å². The Morgan fingerprint density at radius 1 is 1.35 bits per heavy atom.